The lowest BCUT2D eigenvalue weighted by Gasteiger charge is -2.13. The largest absolute Gasteiger partial charge is 0.493 e. The fraction of sp³-hybridized carbons (Fsp3) is 0.417. The van der Waals surface area contributed by atoms with Gasteiger partial charge in [0, 0.05) is 0 Å². The van der Waals surface area contributed by atoms with Crippen LogP contribution in [0.2, 0.25) is 0 Å². The van der Waals surface area contributed by atoms with Crippen molar-refractivity contribution >= 4 is 0 Å². The van der Waals surface area contributed by atoms with Crippen LogP contribution >= 0.6 is 0 Å². The summed E-state index contributed by atoms with van der Waals surface area (Å²) in [6.07, 6.45) is 1.55. The molecule has 0 amide bonds. The van der Waals surface area contributed by atoms with E-state index in [1.165, 1.54) is 20.3 Å². The van der Waals surface area contributed by atoms with Crippen LogP contribution in [0.3, 0.4) is 0 Å². The molecule has 0 unspecified atom stereocenters. The van der Waals surface area contributed by atoms with E-state index in [2.05, 4.69) is 6.07 Å². The van der Waals surface area contributed by atoms with Crippen molar-refractivity contribution in [2.24, 2.45) is 0 Å². The Balaban J connectivity index is 2.51. The van der Waals surface area contributed by atoms with E-state index in [-0.39, 0.29) is 5.75 Å². The number of hydrogen-bond acceptors (Lipinski definition) is 3. The zero-order valence-electron chi connectivity index (χ0n) is 9.21. The molecule has 84 valence electrons. The third-order valence-electron chi connectivity index (χ3n) is 2.95. The Kier molecular flexibility index (Phi) is 2.47. The summed E-state index contributed by atoms with van der Waals surface area (Å²) in [5.41, 5.74) is 0.158. The first-order valence-electron chi connectivity index (χ1n) is 5.00. The first-order chi connectivity index (χ1) is 7.66. The number of nitriles is 1. The molecule has 1 aromatic rings. The van der Waals surface area contributed by atoms with E-state index < -0.39 is 11.2 Å². The maximum atomic E-state index is 13.7. The zero-order valence-corrected chi connectivity index (χ0v) is 9.21. The van der Waals surface area contributed by atoms with Crippen LogP contribution in [0.1, 0.15) is 18.4 Å². The van der Waals surface area contributed by atoms with Gasteiger partial charge in [-0.05, 0) is 30.5 Å². The average Bonchev–Trinajstić information content (AvgIpc) is 3.08. The van der Waals surface area contributed by atoms with Crippen LogP contribution in [0.25, 0.3) is 0 Å². The quantitative estimate of drug-likeness (QED) is 0.787. The topological polar surface area (TPSA) is 42.2 Å². The highest BCUT2D eigenvalue weighted by atomic mass is 19.1. The van der Waals surface area contributed by atoms with Crippen molar-refractivity contribution in [3.63, 3.8) is 0 Å². The fourth-order valence-corrected chi connectivity index (χ4v) is 1.78. The van der Waals surface area contributed by atoms with Gasteiger partial charge in [-0.25, -0.2) is 4.39 Å². The minimum absolute atomic E-state index is 0.0833. The number of rotatable bonds is 3. The maximum Gasteiger partial charge on any atom is 0.196 e. The van der Waals surface area contributed by atoms with Gasteiger partial charge < -0.3 is 9.47 Å². The number of benzene rings is 1. The molecule has 0 aromatic heterocycles. The molecule has 0 aliphatic heterocycles. The van der Waals surface area contributed by atoms with Crippen molar-refractivity contribution < 1.29 is 13.9 Å². The Hall–Kier alpha value is -1.76. The van der Waals surface area contributed by atoms with Crippen molar-refractivity contribution in [1.82, 2.24) is 0 Å². The van der Waals surface area contributed by atoms with Crippen LogP contribution in [0.15, 0.2) is 12.1 Å². The third-order valence-corrected chi connectivity index (χ3v) is 2.95. The van der Waals surface area contributed by atoms with Crippen LogP contribution < -0.4 is 9.47 Å². The second-order valence-electron chi connectivity index (χ2n) is 3.89. The van der Waals surface area contributed by atoms with Gasteiger partial charge in [0.15, 0.2) is 17.3 Å². The molecule has 3 nitrogen and oxygen atoms in total. The molecule has 2 rings (SSSR count). The Morgan fingerprint density at radius 1 is 1.31 bits per heavy atom. The summed E-state index contributed by atoms with van der Waals surface area (Å²) in [7, 11) is 2.84. The molecule has 1 aliphatic carbocycles. The lowest BCUT2D eigenvalue weighted by Crippen LogP contribution is -2.05. The molecule has 1 aliphatic rings. The summed E-state index contributed by atoms with van der Waals surface area (Å²) in [4.78, 5) is 0. The Morgan fingerprint density at radius 3 is 2.44 bits per heavy atom. The maximum absolute atomic E-state index is 13.7. The molecule has 0 spiro atoms. The first kappa shape index (κ1) is 10.7. The Labute approximate surface area is 93.4 Å². The van der Waals surface area contributed by atoms with Gasteiger partial charge in [-0.2, -0.15) is 5.26 Å². The molecule has 0 atom stereocenters. The van der Waals surface area contributed by atoms with Crippen molar-refractivity contribution in [3.8, 4) is 17.6 Å². The summed E-state index contributed by atoms with van der Waals surface area (Å²) in [5, 5.41) is 9.05. The summed E-state index contributed by atoms with van der Waals surface area (Å²) in [6, 6.07) is 5.26. The number of halogens is 1. The first-order valence-corrected chi connectivity index (χ1v) is 5.00. The van der Waals surface area contributed by atoms with E-state index >= 15 is 0 Å². The van der Waals surface area contributed by atoms with E-state index in [4.69, 9.17) is 14.7 Å². The Bertz CT molecular complexity index is 461. The highest BCUT2D eigenvalue weighted by molar-refractivity contribution is 5.50. The summed E-state index contributed by atoms with van der Waals surface area (Å²) >= 11 is 0. The minimum atomic E-state index is -0.514. The van der Waals surface area contributed by atoms with Crippen LogP contribution in [0.4, 0.5) is 4.39 Å². The molecular weight excluding hydrogens is 209 g/mol. The third kappa shape index (κ3) is 1.49. The summed E-state index contributed by atoms with van der Waals surface area (Å²) < 4.78 is 23.6. The molecular formula is C12H12FNO2. The van der Waals surface area contributed by atoms with Crippen LogP contribution in [-0.2, 0) is 5.41 Å². The van der Waals surface area contributed by atoms with E-state index in [9.17, 15) is 4.39 Å². The molecule has 16 heavy (non-hydrogen) atoms. The molecule has 1 saturated carbocycles. The lowest BCUT2D eigenvalue weighted by molar-refractivity contribution is 0.336. The predicted molar refractivity (Wildman–Crippen MR) is 56.0 cm³/mol. The van der Waals surface area contributed by atoms with E-state index in [1.54, 1.807) is 6.07 Å². The van der Waals surface area contributed by atoms with Gasteiger partial charge in [-0.3, -0.25) is 0 Å². The standard InChI is InChI=1S/C12H12FNO2/c1-15-10-6-8(12(7-14)3-4-12)5-9(13)11(10)16-2/h5-6H,3-4H2,1-2H3. The van der Waals surface area contributed by atoms with Crippen LogP contribution in [0.5, 0.6) is 11.5 Å². The van der Waals surface area contributed by atoms with Crippen molar-refractivity contribution in [2.75, 3.05) is 14.2 Å². The normalized spacial score (nSPS) is 16.4. The molecule has 1 aromatic carbocycles. The smallest absolute Gasteiger partial charge is 0.196 e. The molecule has 0 heterocycles. The van der Waals surface area contributed by atoms with E-state index in [0.29, 0.717) is 11.3 Å². The van der Waals surface area contributed by atoms with Gasteiger partial charge in [0.2, 0.25) is 0 Å². The average molecular weight is 221 g/mol. The van der Waals surface area contributed by atoms with E-state index in [1.807, 2.05) is 0 Å². The molecule has 0 bridgehead atoms. The van der Waals surface area contributed by atoms with Gasteiger partial charge in [0.25, 0.3) is 0 Å². The second kappa shape index (κ2) is 3.67. The number of ether oxygens (including phenoxy) is 2. The van der Waals surface area contributed by atoms with Gasteiger partial charge in [0.1, 0.15) is 0 Å². The Morgan fingerprint density at radius 2 is 2.00 bits per heavy atom. The molecule has 1 fully saturated rings. The molecule has 0 N–H and O–H groups in total. The fourth-order valence-electron chi connectivity index (χ4n) is 1.78. The highest BCUT2D eigenvalue weighted by Crippen LogP contribution is 2.49. The highest BCUT2D eigenvalue weighted by Gasteiger charge is 2.45. The van der Waals surface area contributed by atoms with Crippen LogP contribution in [-0.4, -0.2) is 14.2 Å². The monoisotopic (exact) mass is 221 g/mol. The zero-order chi connectivity index (χ0) is 11.8. The lowest BCUT2D eigenvalue weighted by atomic mass is 9.97. The molecule has 4 heteroatoms. The molecule has 0 radical (unpaired) electrons. The molecule has 0 saturated heterocycles. The number of methoxy groups -OCH3 is 2. The van der Waals surface area contributed by atoms with Gasteiger partial charge in [-0.1, -0.05) is 0 Å². The van der Waals surface area contributed by atoms with Gasteiger partial charge in [-0.15, -0.1) is 0 Å². The van der Waals surface area contributed by atoms with Crippen molar-refractivity contribution in [1.29, 1.82) is 5.26 Å². The van der Waals surface area contributed by atoms with Crippen LogP contribution in [0, 0.1) is 17.1 Å². The van der Waals surface area contributed by atoms with Gasteiger partial charge in [0.05, 0.1) is 25.7 Å². The number of hydrogen-bond donors (Lipinski definition) is 0. The number of nitrogens with zero attached hydrogens (tertiary/aromatic N) is 1. The SMILES string of the molecule is COc1cc(C2(C#N)CC2)cc(F)c1OC. The van der Waals surface area contributed by atoms with Gasteiger partial charge >= 0.3 is 0 Å². The summed E-state index contributed by atoms with van der Waals surface area (Å²) in [6.45, 7) is 0. The van der Waals surface area contributed by atoms with E-state index in [0.717, 1.165) is 12.8 Å². The predicted octanol–water partition coefficient (Wildman–Crippen LogP) is 2.40. The second-order valence-corrected chi connectivity index (χ2v) is 3.89. The summed E-state index contributed by atoms with van der Waals surface area (Å²) in [5.74, 6) is -0.0719. The van der Waals surface area contributed by atoms with Crippen molar-refractivity contribution in [2.45, 2.75) is 18.3 Å². The van der Waals surface area contributed by atoms with Crippen molar-refractivity contribution in [3.05, 3.63) is 23.5 Å². The minimum Gasteiger partial charge on any atom is -0.493 e.